The Morgan fingerprint density at radius 2 is 2.11 bits per heavy atom. The zero-order chi connectivity index (χ0) is 13.4. The maximum atomic E-state index is 11.7. The summed E-state index contributed by atoms with van der Waals surface area (Å²) in [5.41, 5.74) is 0. The molecule has 1 aromatic rings. The molecule has 0 aliphatic heterocycles. The van der Waals surface area contributed by atoms with E-state index in [2.05, 4.69) is 10.5 Å². The van der Waals surface area contributed by atoms with Gasteiger partial charge in [-0.3, -0.25) is 4.79 Å². The number of methoxy groups -OCH3 is 1. The van der Waals surface area contributed by atoms with Gasteiger partial charge in [-0.05, 0) is 19.0 Å². The lowest BCUT2D eigenvalue weighted by molar-refractivity contribution is -0.131. The monoisotopic (exact) mass is 258 g/mol. The van der Waals surface area contributed by atoms with Gasteiger partial charge in [0.05, 0.1) is 19.7 Å². The summed E-state index contributed by atoms with van der Waals surface area (Å²) in [6.45, 7) is 4.97. The quantitative estimate of drug-likeness (QED) is 0.695. The van der Waals surface area contributed by atoms with Gasteiger partial charge in [-0.25, -0.2) is 0 Å². The Morgan fingerprint density at radius 1 is 1.44 bits per heavy atom. The van der Waals surface area contributed by atoms with Crippen molar-refractivity contribution in [2.24, 2.45) is 0 Å². The Morgan fingerprint density at radius 3 is 2.61 bits per heavy atom. The minimum atomic E-state index is -0.464. The fourth-order valence-electron chi connectivity index (χ4n) is 1.26. The van der Waals surface area contributed by atoms with E-state index in [1.165, 1.54) is 13.2 Å². The lowest BCUT2D eigenvalue weighted by atomic mass is 10.4. The summed E-state index contributed by atoms with van der Waals surface area (Å²) in [6.07, 6.45) is -0.464. The van der Waals surface area contributed by atoms with Crippen molar-refractivity contribution in [2.45, 2.75) is 20.1 Å². The van der Waals surface area contributed by atoms with Gasteiger partial charge in [-0.1, -0.05) is 0 Å². The van der Waals surface area contributed by atoms with Gasteiger partial charge in [0.1, 0.15) is 0 Å². The highest BCUT2D eigenvalue weighted by atomic mass is 16.7. The third-order valence-corrected chi connectivity index (χ3v) is 2.06. The number of rotatable bonds is 8. The molecule has 1 rings (SSSR count). The van der Waals surface area contributed by atoms with Crippen LogP contribution in [0.5, 0.6) is 5.88 Å². The number of nitrogens with zero attached hydrogens (tertiary/aromatic N) is 1. The molecule has 0 spiro atoms. The van der Waals surface area contributed by atoms with Gasteiger partial charge in [-0.15, -0.1) is 0 Å². The topological polar surface area (TPSA) is 82.8 Å². The maximum absolute atomic E-state index is 11.7. The minimum Gasteiger partial charge on any atom is -0.479 e. The molecule has 0 unspecified atom stereocenters. The van der Waals surface area contributed by atoms with Crippen molar-refractivity contribution in [2.75, 3.05) is 26.9 Å². The molecule has 1 amide bonds. The van der Waals surface area contributed by atoms with Gasteiger partial charge >= 0.3 is 0 Å². The van der Waals surface area contributed by atoms with Crippen LogP contribution in [0.1, 0.15) is 24.4 Å². The molecule has 7 heteroatoms. The zero-order valence-corrected chi connectivity index (χ0v) is 10.8. The van der Waals surface area contributed by atoms with Crippen LogP contribution in [0.25, 0.3) is 0 Å². The summed E-state index contributed by atoms with van der Waals surface area (Å²) in [6, 6.07) is 1.41. The molecule has 1 heterocycles. The van der Waals surface area contributed by atoms with E-state index < -0.39 is 12.2 Å². The van der Waals surface area contributed by atoms with Gasteiger partial charge in [0.15, 0.2) is 6.29 Å². The Labute approximate surface area is 105 Å². The summed E-state index contributed by atoms with van der Waals surface area (Å²) in [7, 11) is 1.44. The average Bonchev–Trinajstić information content (AvgIpc) is 2.85. The molecule has 18 heavy (non-hydrogen) atoms. The summed E-state index contributed by atoms with van der Waals surface area (Å²) in [5, 5.41) is 6.16. The molecule has 7 nitrogen and oxygen atoms in total. The zero-order valence-electron chi connectivity index (χ0n) is 10.8. The highest BCUT2D eigenvalue weighted by molar-refractivity contribution is 5.91. The van der Waals surface area contributed by atoms with Gasteiger partial charge in [0.25, 0.3) is 11.8 Å². The molecule has 0 aliphatic rings. The highest BCUT2D eigenvalue weighted by Crippen LogP contribution is 2.10. The Balaban J connectivity index is 2.43. The van der Waals surface area contributed by atoms with E-state index in [0.29, 0.717) is 13.2 Å². The van der Waals surface area contributed by atoms with Crippen molar-refractivity contribution < 1.29 is 23.5 Å². The van der Waals surface area contributed by atoms with Crippen LogP contribution in [0.3, 0.4) is 0 Å². The Kier molecular flexibility index (Phi) is 6.16. The summed E-state index contributed by atoms with van der Waals surface area (Å²) in [4.78, 5) is 11.7. The molecule has 0 fully saturated rings. The third kappa shape index (κ3) is 4.34. The van der Waals surface area contributed by atoms with Crippen LogP contribution in [0, 0.1) is 0 Å². The molecule has 1 N–H and O–H groups in total. The number of nitrogens with one attached hydrogen (secondary N) is 1. The van der Waals surface area contributed by atoms with Crippen LogP contribution in [0.4, 0.5) is 0 Å². The van der Waals surface area contributed by atoms with Crippen molar-refractivity contribution in [1.82, 2.24) is 10.5 Å². The van der Waals surface area contributed by atoms with Crippen molar-refractivity contribution in [3.8, 4) is 5.88 Å². The second-order valence-electron chi connectivity index (χ2n) is 3.28. The van der Waals surface area contributed by atoms with Gasteiger partial charge in [0, 0.05) is 13.2 Å². The molecule has 0 saturated carbocycles. The molecule has 0 bridgehead atoms. The first-order valence-electron chi connectivity index (χ1n) is 5.73. The van der Waals surface area contributed by atoms with Crippen molar-refractivity contribution in [3.63, 3.8) is 0 Å². The fraction of sp³-hybridized carbons (Fsp3) is 0.636. The second-order valence-corrected chi connectivity index (χ2v) is 3.28. The van der Waals surface area contributed by atoms with E-state index in [-0.39, 0.29) is 18.2 Å². The lowest BCUT2D eigenvalue weighted by Crippen LogP contribution is -2.35. The van der Waals surface area contributed by atoms with Gasteiger partial charge in [0.2, 0.25) is 5.76 Å². The molecular weight excluding hydrogens is 240 g/mol. The molecular formula is C11H18N2O5. The minimum absolute atomic E-state index is 0.0820. The SMILES string of the molecule is CCOC(CNC(=O)c1cc(OC)no1)OCC. The largest absolute Gasteiger partial charge is 0.479 e. The third-order valence-electron chi connectivity index (χ3n) is 2.06. The maximum Gasteiger partial charge on any atom is 0.290 e. The predicted molar refractivity (Wildman–Crippen MR) is 62.4 cm³/mol. The van der Waals surface area contributed by atoms with Crippen LogP contribution < -0.4 is 10.1 Å². The van der Waals surface area contributed by atoms with Gasteiger partial charge < -0.3 is 24.1 Å². The molecule has 1 aromatic heterocycles. The van der Waals surface area contributed by atoms with E-state index >= 15 is 0 Å². The van der Waals surface area contributed by atoms with Crippen LogP contribution in [-0.4, -0.2) is 44.2 Å². The first kappa shape index (κ1) is 14.5. The highest BCUT2D eigenvalue weighted by Gasteiger charge is 2.15. The van der Waals surface area contributed by atoms with Crippen molar-refractivity contribution in [1.29, 1.82) is 0 Å². The van der Waals surface area contributed by atoms with E-state index in [9.17, 15) is 4.79 Å². The standard InChI is InChI=1S/C11H18N2O5/c1-4-16-10(17-5-2)7-12-11(14)8-6-9(15-3)13-18-8/h6,10H,4-5,7H2,1-3H3,(H,12,14). The van der Waals surface area contributed by atoms with E-state index in [1.807, 2.05) is 13.8 Å². The summed E-state index contributed by atoms with van der Waals surface area (Å²) >= 11 is 0. The second kappa shape index (κ2) is 7.67. The molecule has 0 atom stereocenters. The molecule has 0 radical (unpaired) electrons. The van der Waals surface area contributed by atoms with E-state index in [0.717, 1.165) is 0 Å². The van der Waals surface area contributed by atoms with Crippen molar-refractivity contribution in [3.05, 3.63) is 11.8 Å². The summed E-state index contributed by atoms with van der Waals surface area (Å²) < 4.78 is 20.2. The fourth-order valence-corrected chi connectivity index (χ4v) is 1.26. The lowest BCUT2D eigenvalue weighted by Gasteiger charge is -2.16. The summed E-state index contributed by atoms with van der Waals surface area (Å²) in [5.74, 6) is -0.0554. The number of aromatic nitrogens is 1. The van der Waals surface area contributed by atoms with Crippen LogP contribution >= 0.6 is 0 Å². The predicted octanol–water partition coefficient (Wildman–Crippen LogP) is 0.812. The van der Waals surface area contributed by atoms with Crippen molar-refractivity contribution >= 4 is 5.91 Å². The van der Waals surface area contributed by atoms with Crippen LogP contribution in [0.15, 0.2) is 10.6 Å². The number of hydrogen-bond donors (Lipinski definition) is 1. The Bertz CT molecular complexity index is 360. The number of carbonyl (C=O) groups is 1. The first-order valence-corrected chi connectivity index (χ1v) is 5.73. The molecule has 102 valence electrons. The number of carbonyl (C=O) groups excluding carboxylic acids is 1. The van der Waals surface area contributed by atoms with Gasteiger partial charge in [-0.2, -0.15) is 0 Å². The van der Waals surface area contributed by atoms with E-state index in [1.54, 1.807) is 0 Å². The number of ether oxygens (including phenoxy) is 3. The normalized spacial score (nSPS) is 10.7. The Hall–Kier alpha value is -1.60. The molecule has 0 aliphatic carbocycles. The average molecular weight is 258 g/mol. The van der Waals surface area contributed by atoms with Crippen LogP contribution in [0.2, 0.25) is 0 Å². The number of amides is 1. The first-order chi connectivity index (χ1) is 8.71. The smallest absolute Gasteiger partial charge is 0.290 e. The van der Waals surface area contributed by atoms with E-state index in [4.69, 9.17) is 18.7 Å². The molecule has 0 saturated heterocycles. The van der Waals surface area contributed by atoms with Crippen LogP contribution in [-0.2, 0) is 9.47 Å². The molecule has 0 aromatic carbocycles. The number of hydrogen-bond acceptors (Lipinski definition) is 6.